The third-order valence-electron chi connectivity index (χ3n) is 5.89. The molecule has 1 amide bonds. The maximum atomic E-state index is 12.9. The molecule has 2 fully saturated rings. The highest BCUT2D eigenvalue weighted by Crippen LogP contribution is 2.39. The number of pyridine rings is 1. The molecule has 1 aromatic carbocycles. The Bertz CT molecular complexity index is 810. The average molecular weight is 399 g/mol. The normalized spacial score (nSPS) is 22.9. The maximum absolute atomic E-state index is 12.9. The van der Waals surface area contributed by atoms with Gasteiger partial charge in [-0.2, -0.15) is 0 Å². The topological polar surface area (TPSA) is 54.9 Å². The number of methoxy groups -OCH3 is 1. The number of benzene rings is 1. The average Bonchev–Trinajstić information content (AvgIpc) is 2.74. The number of hydrogen-bond donors (Lipinski definition) is 0. The van der Waals surface area contributed by atoms with Gasteiger partial charge in [0.15, 0.2) is 6.61 Å². The summed E-state index contributed by atoms with van der Waals surface area (Å²) in [6, 6.07) is 10.4. The molecule has 0 N–H and O–H groups in total. The van der Waals surface area contributed by atoms with E-state index in [0.717, 1.165) is 19.4 Å². The standard InChI is InChI=1S/C22H26FN3O3/c1-28-20-14-26(22(20)16-3-2-10-24-13-16)18-8-11-25(12-9-18)21(27)15-29-19-6-4-17(23)5-7-19/h2-7,10,13,18,20,22H,8-9,11-12,14-15H2,1H3/t20-,22-/m0/s1. The fourth-order valence-electron chi connectivity index (χ4n) is 4.25. The van der Waals surface area contributed by atoms with Crippen LogP contribution in [0.1, 0.15) is 24.4 Å². The number of nitrogens with zero attached hydrogens (tertiary/aromatic N) is 3. The van der Waals surface area contributed by atoms with Gasteiger partial charge in [-0.3, -0.25) is 14.7 Å². The summed E-state index contributed by atoms with van der Waals surface area (Å²) in [5, 5.41) is 0. The van der Waals surface area contributed by atoms with Crippen LogP contribution in [0.5, 0.6) is 5.75 Å². The summed E-state index contributed by atoms with van der Waals surface area (Å²) in [6.45, 7) is 2.31. The number of aromatic nitrogens is 1. The lowest BCUT2D eigenvalue weighted by atomic mass is 9.87. The summed E-state index contributed by atoms with van der Waals surface area (Å²) < 4.78 is 24.1. The van der Waals surface area contributed by atoms with E-state index >= 15 is 0 Å². The molecule has 2 aliphatic rings. The first-order valence-electron chi connectivity index (χ1n) is 10.0. The summed E-state index contributed by atoms with van der Waals surface area (Å²) in [5.41, 5.74) is 1.18. The summed E-state index contributed by atoms with van der Waals surface area (Å²) in [6.07, 6.45) is 5.73. The molecule has 0 saturated carbocycles. The molecule has 0 spiro atoms. The van der Waals surface area contributed by atoms with Gasteiger partial charge in [-0.1, -0.05) is 6.07 Å². The molecule has 2 aromatic rings. The Balaban J connectivity index is 1.28. The predicted octanol–water partition coefficient (Wildman–Crippen LogP) is 2.66. The van der Waals surface area contributed by atoms with E-state index in [9.17, 15) is 9.18 Å². The molecular formula is C22H26FN3O3. The monoisotopic (exact) mass is 399 g/mol. The molecule has 29 heavy (non-hydrogen) atoms. The van der Waals surface area contributed by atoms with Gasteiger partial charge in [0, 0.05) is 45.2 Å². The molecule has 2 aliphatic heterocycles. The third kappa shape index (κ3) is 4.41. The Morgan fingerprint density at radius 2 is 1.97 bits per heavy atom. The van der Waals surface area contributed by atoms with Crippen molar-refractivity contribution >= 4 is 5.91 Å². The number of ether oxygens (including phenoxy) is 2. The molecule has 0 aliphatic carbocycles. The van der Waals surface area contributed by atoms with E-state index in [2.05, 4.69) is 16.0 Å². The minimum absolute atomic E-state index is 0.0237. The highest BCUT2D eigenvalue weighted by Gasteiger charge is 2.44. The lowest BCUT2D eigenvalue weighted by Gasteiger charge is -2.52. The van der Waals surface area contributed by atoms with Crippen molar-refractivity contribution in [1.29, 1.82) is 0 Å². The van der Waals surface area contributed by atoms with E-state index in [1.54, 1.807) is 13.3 Å². The molecule has 1 aromatic heterocycles. The Hall–Kier alpha value is -2.51. The van der Waals surface area contributed by atoms with Crippen LogP contribution >= 0.6 is 0 Å². The van der Waals surface area contributed by atoms with Gasteiger partial charge >= 0.3 is 0 Å². The molecule has 6 nitrogen and oxygen atoms in total. The van der Waals surface area contributed by atoms with Gasteiger partial charge in [0.1, 0.15) is 11.6 Å². The molecule has 7 heteroatoms. The van der Waals surface area contributed by atoms with Gasteiger partial charge < -0.3 is 14.4 Å². The van der Waals surface area contributed by atoms with Gasteiger partial charge in [0.2, 0.25) is 0 Å². The van der Waals surface area contributed by atoms with Crippen molar-refractivity contribution in [3.05, 3.63) is 60.2 Å². The third-order valence-corrected chi connectivity index (χ3v) is 5.89. The zero-order valence-electron chi connectivity index (χ0n) is 16.5. The Labute approximate surface area is 170 Å². The molecule has 2 atom stereocenters. The zero-order valence-corrected chi connectivity index (χ0v) is 16.5. The van der Waals surface area contributed by atoms with Crippen molar-refractivity contribution in [3.8, 4) is 5.75 Å². The SMILES string of the molecule is CO[C@H]1CN(C2CCN(C(=O)COc3ccc(F)cc3)CC2)[C@H]1c1cccnc1. The van der Waals surface area contributed by atoms with Crippen LogP contribution in [0.15, 0.2) is 48.8 Å². The molecule has 0 bridgehead atoms. The number of rotatable bonds is 6. The van der Waals surface area contributed by atoms with Gasteiger partial charge in [0.05, 0.1) is 12.1 Å². The summed E-state index contributed by atoms with van der Waals surface area (Å²) >= 11 is 0. The zero-order chi connectivity index (χ0) is 20.2. The first-order valence-corrected chi connectivity index (χ1v) is 10.0. The number of hydrogen-bond acceptors (Lipinski definition) is 5. The first-order chi connectivity index (χ1) is 14.2. The van der Waals surface area contributed by atoms with E-state index in [1.807, 2.05) is 17.2 Å². The molecule has 154 valence electrons. The lowest BCUT2D eigenvalue weighted by Crippen LogP contribution is -2.60. The van der Waals surface area contributed by atoms with Crippen molar-refractivity contribution in [2.45, 2.75) is 31.0 Å². The number of likely N-dealkylation sites (tertiary alicyclic amines) is 2. The second-order valence-electron chi connectivity index (χ2n) is 7.56. The van der Waals surface area contributed by atoms with Crippen LogP contribution in [0.2, 0.25) is 0 Å². The van der Waals surface area contributed by atoms with Crippen molar-refractivity contribution < 1.29 is 18.7 Å². The minimum Gasteiger partial charge on any atom is -0.484 e. The van der Waals surface area contributed by atoms with Crippen LogP contribution in [-0.4, -0.2) is 66.2 Å². The highest BCUT2D eigenvalue weighted by atomic mass is 19.1. The van der Waals surface area contributed by atoms with Crippen molar-refractivity contribution in [3.63, 3.8) is 0 Å². The first kappa shape index (κ1) is 19.8. The van der Waals surface area contributed by atoms with Crippen LogP contribution in [0.4, 0.5) is 4.39 Å². The number of piperidine rings is 1. The van der Waals surface area contributed by atoms with Crippen molar-refractivity contribution in [1.82, 2.24) is 14.8 Å². The molecule has 4 rings (SSSR count). The minimum atomic E-state index is -0.322. The van der Waals surface area contributed by atoms with Gasteiger partial charge in [-0.25, -0.2) is 4.39 Å². The van der Waals surface area contributed by atoms with E-state index in [-0.39, 0.29) is 30.5 Å². The summed E-state index contributed by atoms with van der Waals surface area (Å²) in [7, 11) is 1.76. The molecule has 0 unspecified atom stereocenters. The van der Waals surface area contributed by atoms with Crippen molar-refractivity contribution in [2.24, 2.45) is 0 Å². The number of carbonyl (C=O) groups is 1. The second kappa shape index (κ2) is 8.88. The van der Waals surface area contributed by atoms with Crippen LogP contribution in [0, 0.1) is 5.82 Å². The van der Waals surface area contributed by atoms with E-state index in [0.29, 0.717) is 24.9 Å². The largest absolute Gasteiger partial charge is 0.484 e. The molecule has 0 radical (unpaired) electrons. The van der Waals surface area contributed by atoms with Crippen molar-refractivity contribution in [2.75, 3.05) is 33.4 Å². The number of carbonyl (C=O) groups excluding carboxylic acids is 1. The Kier molecular flexibility index (Phi) is 6.06. The van der Waals surface area contributed by atoms with E-state index in [1.165, 1.54) is 29.8 Å². The fraction of sp³-hybridized carbons (Fsp3) is 0.455. The smallest absolute Gasteiger partial charge is 0.260 e. The molecule has 2 saturated heterocycles. The lowest BCUT2D eigenvalue weighted by molar-refractivity contribution is -0.139. The molecule has 3 heterocycles. The van der Waals surface area contributed by atoms with Gasteiger partial charge in [-0.15, -0.1) is 0 Å². The van der Waals surface area contributed by atoms with Gasteiger partial charge in [0.25, 0.3) is 5.91 Å². The predicted molar refractivity (Wildman–Crippen MR) is 106 cm³/mol. The quantitative estimate of drug-likeness (QED) is 0.748. The summed E-state index contributed by atoms with van der Waals surface area (Å²) in [4.78, 5) is 21.0. The number of halogens is 1. The highest BCUT2D eigenvalue weighted by molar-refractivity contribution is 5.77. The van der Waals surface area contributed by atoms with Crippen LogP contribution in [0.3, 0.4) is 0 Å². The van der Waals surface area contributed by atoms with Gasteiger partial charge in [-0.05, 0) is 48.7 Å². The fourth-order valence-corrected chi connectivity index (χ4v) is 4.25. The van der Waals surface area contributed by atoms with Crippen LogP contribution < -0.4 is 4.74 Å². The number of amides is 1. The van der Waals surface area contributed by atoms with E-state index < -0.39 is 0 Å². The Morgan fingerprint density at radius 1 is 1.21 bits per heavy atom. The summed E-state index contributed by atoms with van der Waals surface area (Å²) in [5.74, 6) is 0.146. The van der Waals surface area contributed by atoms with Crippen LogP contribution in [-0.2, 0) is 9.53 Å². The van der Waals surface area contributed by atoms with Crippen LogP contribution in [0.25, 0.3) is 0 Å². The van der Waals surface area contributed by atoms with E-state index in [4.69, 9.17) is 9.47 Å². The Morgan fingerprint density at radius 3 is 2.62 bits per heavy atom. The molecular weight excluding hydrogens is 373 g/mol. The second-order valence-corrected chi connectivity index (χ2v) is 7.56. The maximum Gasteiger partial charge on any atom is 0.260 e.